The van der Waals surface area contributed by atoms with Gasteiger partial charge in [-0.25, -0.2) is 0 Å². The van der Waals surface area contributed by atoms with Crippen LogP contribution in [-0.4, -0.2) is 92.2 Å². The van der Waals surface area contributed by atoms with E-state index in [9.17, 15) is 9.59 Å². The highest BCUT2D eigenvalue weighted by molar-refractivity contribution is 6.35. The molecule has 8 nitrogen and oxygen atoms in total. The highest BCUT2D eigenvalue weighted by atomic mass is 16.5. The van der Waals surface area contributed by atoms with E-state index in [1.807, 2.05) is 4.90 Å². The number of aliphatic hydroxyl groups is 1. The van der Waals surface area contributed by atoms with Gasteiger partial charge in [0.1, 0.15) is 5.70 Å². The van der Waals surface area contributed by atoms with E-state index in [1.54, 1.807) is 25.3 Å². The quantitative estimate of drug-likeness (QED) is 0.702. The SMILES string of the molecule is COc1ccc(C2=C(N3CCN(CCO)CC3)C(=O)N(C)C2=O)cc1OC. The molecule has 1 N–H and O–H groups in total. The zero-order chi connectivity index (χ0) is 19.6. The molecule has 2 aliphatic rings. The van der Waals surface area contributed by atoms with E-state index >= 15 is 0 Å². The maximum Gasteiger partial charge on any atom is 0.277 e. The third-order valence-corrected chi connectivity index (χ3v) is 5.04. The minimum absolute atomic E-state index is 0.111. The summed E-state index contributed by atoms with van der Waals surface area (Å²) >= 11 is 0. The summed E-state index contributed by atoms with van der Waals surface area (Å²) < 4.78 is 10.6. The van der Waals surface area contributed by atoms with Gasteiger partial charge in [-0.2, -0.15) is 0 Å². The van der Waals surface area contributed by atoms with Crippen molar-refractivity contribution in [2.45, 2.75) is 0 Å². The molecule has 146 valence electrons. The molecule has 2 amide bonds. The number of imide groups is 1. The number of amides is 2. The number of aliphatic hydroxyl groups excluding tert-OH is 1. The molecule has 1 fully saturated rings. The normalized spacial score (nSPS) is 18.5. The Hall–Kier alpha value is -2.58. The van der Waals surface area contributed by atoms with Crippen LogP contribution < -0.4 is 9.47 Å². The van der Waals surface area contributed by atoms with Crippen LogP contribution in [0.25, 0.3) is 5.57 Å². The van der Waals surface area contributed by atoms with Gasteiger partial charge in [0.25, 0.3) is 11.8 Å². The molecule has 1 saturated heterocycles. The summed E-state index contributed by atoms with van der Waals surface area (Å²) in [6.07, 6.45) is 0. The Bertz CT molecular complexity index is 769. The van der Waals surface area contributed by atoms with Crippen LogP contribution in [-0.2, 0) is 9.59 Å². The number of methoxy groups -OCH3 is 2. The van der Waals surface area contributed by atoms with Crippen LogP contribution in [0.5, 0.6) is 11.5 Å². The number of hydrogen-bond acceptors (Lipinski definition) is 7. The van der Waals surface area contributed by atoms with Gasteiger partial charge in [0, 0.05) is 39.8 Å². The molecule has 1 aromatic rings. The number of nitrogens with zero attached hydrogens (tertiary/aromatic N) is 3. The minimum Gasteiger partial charge on any atom is -0.493 e. The number of likely N-dealkylation sites (N-methyl/N-ethyl adjacent to an activating group) is 1. The molecule has 0 bridgehead atoms. The lowest BCUT2D eigenvalue weighted by molar-refractivity contribution is -0.136. The van der Waals surface area contributed by atoms with Crippen molar-refractivity contribution in [3.63, 3.8) is 0 Å². The first-order valence-electron chi connectivity index (χ1n) is 8.89. The summed E-state index contributed by atoms with van der Waals surface area (Å²) in [5, 5.41) is 9.10. The largest absolute Gasteiger partial charge is 0.493 e. The van der Waals surface area contributed by atoms with Crippen LogP contribution in [0.15, 0.2) is 23.9 Å². The van der Waals surface area contributed by atoms with Gasteiger partial charge < -0.3 is 19.5 Å². The van der Waals surface area contributed by atoms with E-state index in [0.29, 0.717) is 48.0 Å². The van der Waals surface area contributed by atoms with E-state index in [-0.39, 0.29) is 18.4 Å². The number of carbonyl (C=O) groups excluding carboxylic acids is 2. The van der Waals surface area contributed by atoms with Crippen LogP contribution in [0.1, 0.15) is 5.56 Å². The summed E-state index contributed by atoms with van der Waals surface area (Å²) in [6, 6.07) is 5.22. The number of β-amino-alcohol motifs (C(OH)–C–C–N with tert-alkyl or cyclic N) is 1. The van der Waals surface area contributed by atoms with Gasteiger partial charge >= 0.3 is 0 Å². The van der Waals surface area contributed by atoms with Crippen molar-refractivity contribution in [3.05, 3.63) is 29.5 Å². The minimum atomic E-state index is -0.319. The average molecular weight is 375 g/mol. The molecule has 0 aliphatic carbocycles. The highest BCUT2D eigenvalue weighted by Crippen LogP contribution is 2.36. The summed E-state index contributed by atoms with van der Waals surface area (Å²) in [6.45, 7) is 3.43. The first-order chi connectivity index (χ1) is 13.0. The summed E-state index contributed by atoms with van der Waals surface area (Å²) in [4.78, 5) is 30.8. The molecule has 0 radical (unpaired) electrons. The number of carbonyl (C=O) groups is 2. The van der Waals surface area contributed by atoms with E-state index < -0.39 is 0 Å². The Morgan fingerprint density at radius 1 is 1.00 bits per heavy atom. The van der Waals surface area contributed by atoms with Crippen LogP contribution >= 0.6 is 0 Å². The number of ether oxygens (including phenoxy) is 2. The first kappa shape index (κ1) is 19.2. The Balaban J connectivity index is 1.98. The Morgan fingerprint density at radius 3 is 2.26 bits per heavy atom. The lowest BCUT2D eigenvalue weighted by Gasteiger charge is -2.36. The topological polar surface area (TPSA) is 82.5 Å². The molecule has 0 aromatic heterocycles. The second kappa shape index (κ2) is 7.98. The summed E-state index contributed by atoms with van der Waals surface area (Å²) in [5.41, 5.74) is 1.44. The Morgan fingerprint density at radius 2 is 1.67 bits per heavy atom. The lowest BCUT2D eigenvalue weighted by atomic mass is 10.0. The van der Waals surface area contributed by atoms with Crippen molar-refractivity contribution in [3.8, 4) is 11.5 Å². The monoisotopic (exact) mass is 375 g/mol. The molecular weight excluding hydrogens is 350 g/mol. The van der Waals surface area contributed by atoms with Crippen molar-refractivity contribution < 1.29 is 24.2 Å². The number of rotatable bonds is 6. The van der Waals surface area contributed by atoms with Crippen molar-refractivity contribution in [1.29, 1.82) is 0 Å². The molecule has 1 aromatic carbocycles. The third kappa shape index (κ3) is 3.50. The Labute approximate surface area is 158 Å². The predicted octanol–water partition coefficient (Wildman–Crippen LogP) is 0.0234. The molecule has 0 spiro atoms. The second-order valence-electron chi connectivity index (χ2n) is 6.51. The fraction of sp³-hybridized carbons (Fsp3) is 0.474. The van der Waals surface area contributed by atoms with Crippen LogP contribution in [0.4, 0.5) is 0 Å². The molecule has 0 unspecified atom stereocenters. The summed E-state index contributed by atoms with van der Waals surface area (Å²) in [7, 11) is 4.58. The maximum absolute atomic E-state index is 12.8. The third-order valence-electron chi connectivity index (χ3n) is 5.04. The Kier molecular flexibility index (Phi) is 5.67. The van der Waals surface area contributed by atoms with Gasteiger partial charge in [0.15, 0.2) is 11.5 Å². The van der Waals surface area contributed by atoms with E-state index in [2.05, 4.69) is 4.90 Å². The zero-order valence-electron chi connectivity index (χ0n) is 15.9. The van der Waals surface area contributed by atoms with Crippen molar-refractivity contribution in [2.75, 3.05) is 60.6 Å². The van der Waals surface area contributed by atoms with Crippen LogP contribution in [0, 0.1) is 0 Å². The molecule has 8 heteroatoms. The molecule has 3 rings (SSSR count). The molecular formula is C19H25N3O5. The zero-order valence-corrected chi connectivity index (χ0v) is 15.9. The molecule has 0 saturated carbocycles. The van der Waals surface area contributed by atoms with Gasteiger partial charge in [0.2, 0.25) is 0 Å². The van der Waals surface area contributed by atoms with Crippen LogP contribution in [0.3, 0.4) is 0 Å². The van der Waals surface area contributed by atoms with Gasteiger partial charge in [-0.05, 0) is 17.7 Å². The second-order valence-corrected chi connectivity index (χ2v) is 6.51. The van der Waals surface area contributed by atoms with Crippen LogP contribution in [0.2, 0.25) is 0 Å². The van der Waals surface area contributed by atoms with Gasteiger partial charge in [-0.15, -0.1) is 0 Å². The molecule has 27 heavy (non-hydrogen) atoms. The molecule has 2 heterocycles. The number of benzene rings is 1. The van der Waals surface area contributed by atoms with E-state index in [4.69, 9.17) is 14.6 Å². The van der Waals surface area contributed by atoms with Crippen molar-refractivity contribution in [1.82, 2.24) is 14.7 Å². The standard InChI is InChI=1S/C19H25N3O5/c1-20-18(24)16(13-4-5-14(26-2)15(12-13)27-3)17(19(20)25)22-8-6-21(7-9-22)10-11-23/h4-5,12,23H,6-11H2,1-3H3. The highest BCUT2D eigenvalue weighted by Gasteiger charge is 2.40. The summed E-state index contributed by atoms with van der Waals surface area (Å²) in [5.74, 6) is 0.455. The van der Waals surface area contributed by atoms with Gasteiger partial charge in [-0.3, -0.25) is 19.4 Å². The van der Waals surface area contributed by atoms with Gasteiger partial charge in [-0.1, -0.05) is 6.07 Å². The van der Waals surface area contributed by atoms with E-state index in [1.165, 1.54) is 14.2 Å². The molecule has 0 atom stereocenters. The van der Waals surface area contributed by atoms with Crippen molar-refractivity contribution in [2.24, 2.45) is 0 Å². The fourth-order valence-corrected chi connectivity index (χ4v) is 3.51. The van der Waals surface area contributed by atoms with Gasteiger partial charge in [0.05, 0.1) is 26.4 Å². The predicted molar refractivity (Wildman–Crippen MR) is 99.3 cm³/mol. The number of hydrogen-bond donors (Lipinski definition) is 1. The first-order valence-corrected chi connectivity index (χ1v) is 8.89. The maximum atomic E-state index is 12.8. The lowest BCUT2D eigenvalue weighted by Crippen LogP contribution is -2.48. The van der Waals surface area contributed by atoms with E-state index in [0.717, 1.165) is 18.0 Å². The number of piperazine rings is 1. The average Bonchev–Trinajstić information content (AvgIpc) is 2.92. The molecule has 2 aliphatic heterocycles. The fourth-order valence-electron chi connectivity index (χ4n) is 3.51. The van der Waals surface area contributed by atoms with Crippen molar-refractivity contribution >= 4 is 17.4 Å². The smallest absolute Gasteiger partial charge is 0.277 e.